The van der Waals surface area contributed by atoms with E-state index in [-0.39, 0.29) is 0 Å². The fraction of sp³-hybridized carbons (Fsp3) is 0.125. The van der Waals surface area contributed by atoms with E-state index >= 15 is 0 Å². The van der Waals surface area contributed by atoms with E-state index in [0.717, 1.165) is 34.1 Å². The second-order valence-corrected chi connectivity index (χ2v) is 4.60. The van der Waals surface area contributed by atoms with Gasteiger partial charge in [0, 0.05) is 41.0 Å². The summed E-state index contributed by atoms with van der Waals surface area (Å²) in [6.45, 7) is 2.05. The number of carbonyl (C=O) groups is 1. The van der Waals surface area contributed by atoms with Gasteiger partial charge in [-0.3, -0.25) is 9.78 Å². The molecule has 0 fully saturated rings. The second kappa shape index (κ2) is 4.35. The molecule has 19 heavy (non-hydrogen) atoms. The van der Waals surface area contributed by atoms with Crippen LogP contribution in [0.1, 0.15) is 16.1 Å². The zero-order valence-electron chi connectivity index (χ0n) is 10.9. The minimum atomic E-state index is 0.627. The van der Waals surface area contributed by atoms with Gasteiger partial charge < -0.3 is 4.57 Å². The summed E-state index contributed by atoms with van der Waals surface area (Å²) in [6.07, 6.45) is 2.59. The van der Waals surface area contributed by atoms with Crippen molar-refractivity contribution in [2.75, 3.05) is 0 Å². The maximum atomic E-state index is 11.2. The Hall–Kier alpha value is -2.42. The van der Waals surface area contributed by atoms with Crippen molar-refractivity contribution in [2.24, 2.45) is 7.05 Å². The van der Waals surface area contributed by atoms with E-state index in [1.54, 1.807) is 18.3 Å². The first-order valence-electron chi connectivity index (χ1n) is 6.18. The summed E-state index contributed by atoms with van der Waals surface area (Å²) < 4.78 is 2.13. The van der Waals surface area contributed by atoms with Crippen LogP contribution in [0.25, 0.3) is 22.2 Å². The first kappa shape index (κ1) is 11.7. The van der Waals surface area contributed by atoms with Gasteiger partial charge in [-0.1, -0.05) is 18.2 Å². The van der Waals surface area contributed by atoms with E-state index in [1.807, 2.05) is 19.2 Å². The standard InChI is InChI=1S/C16H14N2O/c1-11-15(16-12(10-19)6-5-9-17-16)13-7-3-4-8-14(13)18(11)2/h3-10H,1-2H3. The molecular formula is C16H14N2O. The molecule has 0 saturated carbocycles. The van der Waals surface area contributed by atoms with Crippen molar-refractivity contribution in [2.45, 2.75) is 6.92 Å². The van der Waals surface area contributed by atoms with E-state index in [0.29, 0.717) is 5.56 Å². The fourth-order valence-electron chi connectivity index (χ4n) is 2.54. The fourth-order valence-corrected chi connectivity index (χ4v) is 2.54. The zero-order valence-corrected chi connectivity index (χ0v) is 10.9. The Morgan fingerprint density at radius 1 is 1.16 bits per heavy atom. The highest BCUT2D eigenvalue weighted by molar-refractivity contribution is 6.00. The van der Waals surface area contributed by atoms with E-state index in [9.17, 15) is 4.79 Å². The molecule has 2 heterocycles. The number of benzene rings is 1. The number of aromatic nitrogens is 2. The molecule has 3 rings (SSSR count). The highest BCUT2D eigenvalue weighted by Gasteiger charge is 2.16. The van der Waals surface area contributed by atoms with Crippen LogP contribution < -0.4 is 0 Å². The minimum absolute atomic E-state index is 0.627. The molecule has 0 radical (unpaired) electrons. The number of hydrogen-bond donors (Lipinski definition) is 0. The number of carbonyl (C=O) groups excluding carboxylic acids is 1. The summed E-state index contributed by atoms with van der Waals surface area (Å²) in [5.74, 6) is 0. The van der Waals surface area contributed by atoms with E-state index in [2.05, 4.69) is 28.6 Å². The average molecular weight is 250 g/mol. The molecule has 2 aromatic heterocycles. The normalized spacial score (nSPS) is 10.8. The number of nitrogens with zero attached hydrogens (tertiary/aromatic N) is 2. The van der Waals surface area contributed by atoms with Crippen LogP contribution in [-0.4, -0.2) is 15.8 Å². The molecule has 0 spiro atoms. The summed E-state index contributed by atoms with van der Waals surface area (Å²) in [7, 11) is 2.03. The van der Waals surface area contributed by atoms with Crippen LogP contribution in [0, 0.1) is 6.92 Å². The van der Waals surface area contributed by atoms with Crippen molar-refractivity contribution < 1.29 is 4.79 Å². The molecular weight excluding hydrogens is 236 g/mol. The van der Waals surface area contributed by atoms with Gasteiger partial charge >= 0.3 is 0 Å². The first-order valence-corrected chi connectivity index (χ1v) is 6.18. The molecule has 0 aliphatic carbocycles. The quantitative estimate of drug-likeness (QED) is 0.654. The zero-order chi connectivity index (χ0) is 13.4. The Morgan fingerprint density at radius 2 is 1.95 bits per heavy atom. The van der Waals surface area contributed by atoms with Crippen LogP contribution in [0.15, 0.2) is 42.6 Å². The third-order valence-electron chi connectivity index (χ3n) is 3.60. The molecule has 94 valence electrons. The van der Waals surface area contributed by atoms with Gasteiger partial charge in [-0.05, 0) is 25.1 Å². The second-order valence-electron chi connectivity index (χ2n) is 4.60. The average Bonchev–Trinajstić information content (AvgIpc) is 2.71. The van der Waals surface area contributed by atoms with Crippen molar-refractivity contribution in [3.05, 3.63) is 53.9 Å². The molecule has 0 N–H and O–H groups in total. The highest BCUT2D eigenvalue weighted by atomic mass is 16.1. The maximum Gasteiger partial charge on any atom is 0.152 e. The Kier molecular flexibility index (Phi) is 2.67. The predicted molar refractivity (Wildman–Crippen MR) is 76.3 cm³/mol. The SMILES string of the molecule is Cc1c(-c2ncccc2C=O)c2ccccc2n1C. The van der Waals surface area contributed by atoms with Crippen LogP contribution in [-0.2, 0) is 7.05 Å². The Bertz CT molecular complexity index is 772. The van der Waals surface area contributed by atoms with Crippen LogP contribution >= 0.6 is 0 Å². The molecule has 3 heteroatoms. The number of rotatable bonds is 2. The van der Waals surface area contributed by atoms with E-state index in [4.69, 9.17) is 0 Å². The van der Waals surface area contributed by atoms with Crippen molar-refractivity contribution in [1.29, 1.82) is 0 Å². The predicted octanol–water partition coefficient (Wildman–Crippen LogP) is 3.36. The summed E-state index contributed by atoms with van der Waals surface area (Å²) in [6, 6.07) is 11.8. The first-order chi connectivity index (χ1) is 9.24. The van der Waals surface area contributed by atoms with Crippen LogP contribution in [0.2, 0.25) is 0 Å². The molecule has 0 amide bonds. The van der Waals surface area contributed by atoms with Gasteiger partial charge in [-0.25, -0.2) is 0 Å². The Labute approximate surface area is 111 Å². The van der Waals surface area contributed by atoms with E-state index in [1.165, 1.54) is 0 Å². The summed E-state index contributed by atoms with van der Waals surface area (Å²) >= 11 is 0. The molecule has 0 aliphatic rings. The number of pyridine rings is 1. The van der Waals surface area contributed by atoms with Gasteiger partial charge in [0.1, 0.15) is 0 Å². The maximum absolute atomic E-state index is 11.2. The highest BCUT2D eigenvalue weighted by Crippen LogP contribution is 2.33. The van der Waals surface area contributed by atoms with Gasteiger partial charge in [-0.15, -0.1) is 0 Å². The van der Waals surface area contributed by atoms with Gasteiger partial charge in [0.25, 0.3) is 0 Å². The molecule has 0 atom stereocenters. The topological polar surface area (TPSA) is 34.9 Å². The molecule has 0 bridgehead atoms. The minimum Gasteiger partial charge on any atom is -0.347 e. The number of para-hydroxylation sites is 1. The number of fused-ring (bicyclic) bond motifs is 1. The van der Waals surface area contributed by atoms with Crippen molar-refractivity contribution in [3.8, 4) is 11.3 Å². The number of aryl methyl sites for hydroxylation is 1. The summed E-state index contributed by atoms with van der Waals surface area (Å²) in [5.41, 5.74) is 4.69. The molecule has 3 aromatic rings. The van der Waals surface area contributed by atoms with Gasteiger partial charge in [0.05, 0.1) is 5.69 Å². The summed E-state index contributed by atoms with van der Waals surface area (Å²) in [5, 5.41) is 1.13. The van der Waals surface area contributed by atoms with Crippen molar-refractivity contribution >= 4 is 17.2 Å². The van der Waals surface area contributed by atoms with Crippen molar-refractivity contribution in [1.82, 2.24) is 9.55 Å². The monoisotopic (exact) mass is 250 g/mol. The lowest BCUT2D eigenvalue weighted by molar-refractivity contribution is 0.112. The van der Waals surface area contributed by atoms with Gasteiger partial charge in [0.2, 0.25) is 0 Å². The number of hydrogen-bond acceptors (Lipinski definition) is 2. The molecule has 0 unspecified atom stereocenters. The third-order valence-corrected chi connectivity index (χ3v) is 3.60. The smallest absolute Gasteiger partial charge is 0.152 e. The third kappa shape index (κ3) is 1.66. The van der Waals surface area contributed by atoms with Gasteiger partial charge in [0.15, 0.2) is 6.29 Å². The Balaban J connectivity index is 2.43. The lowest BCUT2D eigenvalue weighted by atomic mass is 10.0. The molecule has 3 nitrogen and oxygen atoms in total. The Morgan fingerprint density at radius 3 is 2.74 bits per heavy atom. The van der Waals surface area contributed by atoms with Crippen LogP contribution in [0.4, 0.5) is 0 Å². The molecule has 0 saturated heterocycles. The summed E-state index contributed by atoms with van der Waals surface area (Å²) in [4.78, 5) is 15.6. The van der Waals surface area contributed by atoms with Crippen LogP contribution in [0.3, 0.4) is 0 Å². The van der Waals surface area contributed by atoms with E-state index < -0.39 is 0 Å². The lowest BCUT2D eigenvalue weighted by Crippen LogP contribution is -1.94. The number of aldehydes is 1. The molecule has 1 aromatic carbocycles. The van der Waals surface area contributed by atoms with Crippen LogP contribution in [0.5, 0.6) is 0 Å². The lowest BCUT2D eigenvalue weighted by Gasteiger charge is -2.04. The largest absolute Gasteiger partial charge is 0.347 e. The van der Waals surface area contributed by atoms with Gasteiger partial charge in [-0.2, -0.15) is 0 Å². The molecule has 0 aliphatic heterocycles. The van der Waals surface area contributed by atoms with Crippen molar-refractivity contribution in [3.63, 3.8) is 0 Å².